The lowest BCUT2D eigenvalue weighted by Gasteiger charge is -2.25. The van der Waals surface area contributed by atoms with Crippen molar-refractivity contribution in [3.63, 3.8) is 0 Å². The molecule has 3 nitrogen and oxygen atoms in total. The van der Waals surface area contributed by atoms with Crippen molar-refractivity contribution in [1.82, 2.24) is 0 Å². The van der Waals surface area contributed by atoms with Crippen LogP contribution in [0.25, 0.3) is 0 Å². The van der Waals surface area contributed by atoms with E-state index in [1.54, 1.807) is 6.92 Å². The minimum absolute atomic E-state index is 0.288. The standard InChI is InChI=1S/C13H21NO2Si/c1-4-16-13(15)12(14)10-17(2,3)11-8-6-5-7-9-11/h5-9,12H,4,10,14H2,1-3H3/t12-/m1/s1. The van der Waals surface area contributed by atoms with Crippen molar-refractivity contribution >= 4 is 19.2 Å². The Balaban J connectivity index is 2.70. The molecule has 0 aromatic heterocycles. The summed E-state index contributed by atoms with van der Waals surface area (Å²) in [5, 5.41) is 1.32. The van der Waals surface area contributed by atoms with Gasteiger partial charge in [0.2, 0.25) is 0 Å². The first-order valence-corrected chi connectivity index (χ1v) is 9.16. The van der Waals surface area contributed by atoms with E-state index in [9.17, 15) is 4.79 Å². The molecule has 0 aliphatic rings. The van der Waals surface area contributed by atoms with Gasteiger partial charge in [-0.3, -0.25) is 4.79 Å². The van der Waals surface area contributed by atoms with Crippen LogP contribution in [-0.4, -0.2) is 26.7 Å². The lowest BCUT2D eigenvalue weighted by Crippen LogP contribution is -2.48. The molecule has 2 N–H and O–H groups in total. The molecule has 1 atom stereocenters. The summed E-state index contributed by atoms with van der Waals surface area (Å²) >= 11 is 0. The van der Waals surface area contributed by atoms with Crippen molar-refractivity contribution in [2.24, 2.45) is 5.73 Å². The number of benzene rings is 1. The summed E-state index contributed by atoms with van der Waals surface area (Å²) in [5.74, 6) is -0.288. The lowest BCUT2D eigenvalue weighted by molar-refractivity contribution is -0.144. The van der Waals surface area contributed by atoms with Gasteiger partial charge in [-0.15, -0.1) is 0 Å². The maximum absolute atomic E-state index is 11.5. The van der Waals surface area contributed by atoms with E-state index in [2.05, 4.69) is 25.2 Å². The van der Waals surface area contributed by atoms with E-state index in [1.165, 1.54) is 5.19 Å². The second kappa shape index (κ2) is 5.98. The minimum Gasteiger partial charge on any atom is -0.465 e. The molecule has 0 amide bonds. The number of ether oxygens (including phenoxy) is 1. The summed E-state index contributed by atoms with van der Waals surface area (Å²) in [6.07, 6.45) is 0. The number of hydrogen-bond acceptors (Lipinski definition) is 3. The molecule has 1 aromatic carbocycles. The van der Waals surface area contributed by atoms with Crippen molar-refractivity contribution < 1.29 is 9.53 Å². The predicted molar refractivity (Wildman–Crippen MR) is 73.0 cm³/mol. The lowest BCUT2D eigenvalue weighted by atomic mass is 10.4. The molecule has 94 valence electrons. The number of esters is 1. The first-order valence-electron chi connectivity index (χ1n) is 5.95. The normalized spacial score (nSPS) is 13.2. The van der Waals surface area contributed by atoms with Gasteiger partial charge in [-0.25, -0.2) is 0 Å². The van der Waals surface area contributed by atoms with Crippen LogP contribution in [-0.2, 0) is 9.53 Å². The van der Waals surface area contributed by atoms with Crippen molar-refractivity contribution in [3.8, 4) is 0 Å². The Morgan fingerprint density at radius 1 is 1.35 bits per heavy atom. The molecule has 0 aliphatic carbocycles. The van der Waals surface area contributed by atoms with Crippen LogP contribution in [0.4, 0.5) is 0 Å². The maximum atomic E-state index is 11.5. The summed E-state index contributed by atoms with van der Waals surface area (Å²) in [5.41, 5.74) is 5.89. The SMILES string of the molecule is CCOC(=O)[C@H](N)C[Si](C)(C)c1ccccc1. The second-order valence-corrected chi connectivity index (χ2v) is 9.57. The van der Waals surface area contributed by atoms with Crippen LogP contribution in [0.3, 0.4) is 0 Å². The molecule has 0 bridgehead atoms. The molecule has 0 spiro atoms. The van der Waals surface area contributed by atoms with Gasteiger partial charge in [-0.05, 0) is 13.0 Å². The molecule has 1 aromatic rings. The Hall–Kier alpha value is -1.13. The van der Waals surface area contributed by atoms with E-state index in [4.69, 9.17) is 10.5 Å². The predicted octanol–water partition coefficient (Wildman–Crippen LogP) is 1.49. The molecule has 17 heavy (non-hydrogen) atoms. The molecule has 0 saturated heterocycles. The summed E-state index contributed by atoms with van der Waals surface area (Å²) in [6.45, 7) is 6.63. The van der Waals surface area contributed by atoms with Crippen molar-refractivity contribution in [3.05, 3.63) is 30.3 Å². The zero-order valence-corrected chi connectivity index (χ0v) is 11.8. The van der Waals surface area contributed by atoms with E-state index in [0.717, 1.165) is 6.04 Å². The third kappa shape index (κ3) is 3.98. The fourth-order valence-corrected chi connectivity index (χ4v) is 4.49. The van der Waals surface area contributed by atoms with Crippen LogP contribution in [0.1, 0.15) is 6.92 Å². The van der Waals surface area contributed by atoms with Gasteiger partial charge in [-0.2, -0.15) is 0 Å². The largest absolute Gasteiger partial charge is 0.465 e. The Bertz CT molecular complexity index is 365. The van der Waals surface area contributed by atoms with Gasteiger partial charge in [0.25, 0.3) is 0 Å². The van der Waals surface area contributed by atoms with E-state index >= 15 is 0 Å². The number of rotatable bonds is 5. The molecular weight excluding hydrogens is 230 g/mol. The highest BCUT2D eigenvalue weighted by Crippen LogP contribution is 2.12. The van der Waals surface area contributed by atoms with Crippen LogP contribution in [0.2, 0.25) is 19.1 Å². The zero-order chi connectivity index (χ0) is 12.9. The zero-order valence-electron chi connectivity index (χ0n) is 10.8. The molecular formula is C13H21NO2Si. The molecule has 0 unspecified atom stereocenters. The fraction of sp³-hybridized carbons (Fsp3) is 0.462. The first-order chi connectivity index (χ1) is 7.97. The number of nitrogens with two attached hydrogens (primary N) is 1. The summed E-state index contributed by atoms with van der Waals surface area (Å²) in [7, 11) is -1.66. The Morgan fingerprint density at radius 2 is 1.94 bits per heavy atom. The smallest absolute Gasteiger partial charge is 0.322 e. The monoisotopic (exact) mass is 251 g/mol. The van der Waals surface area contributed by atoms with E-state index < -0.39 is 14.1 Å². The maximum Gasteiger partial charge on any atom is 0.322 e. The second-order valence-electron chi connectivity index (χ2n) is 4.81. The van der Waals surface area contributed by atoms with Gasteiger partial charge in [0, 0.05) is 0 Å². The Kier molecular flexibility index (Phi) is 4.90. The highest BCUT2D eigenvalue weighted by Gasteiger charge is 2.29. The molecule has 0 radical (unpaired) electrons. The van der Waals surface area contributed by atoms with E-state index in [1.807, 2.05) is 18.2 Å². The quantitative estimate of drug-likeness (QED) is 0.637. The molecule has 1 rings (SSSR count). The average Bonchev–Trinajstić information content (AvgIpc) is 2.30. The Labute approximate surface area is 104 Å². The third-order valence-electron chi connectivity index (χ3n) is 2.87. The topological polar surface area (TPSA) is 52.3 Å². The summed E-state index contributed by atoms with van der Waals surface area (Å²) < 4.78 is 4.94. The van der Waals surface area contributed by atoms with Crippen molar-refractivity contribution in [2.75, 3.05) is 6.61 Å². The molecule has 0 aliphatic heterocycles. The first kappa shape index (κ1) is 13.9. The van der Waals surface area contributed by atoms with Crippen LogP contribution in [0, 0.1) is 0 Å². The van der Waals surface area contributed by atoms with Gasteiger partial charge in [0.05, 0.1) is 14.7 Å². The molecule has 0 saturated carbocycles. The highest BCUT2D eigenvalue weighted by atomic mass is 28.3. The van der Waals surface area contributed by atoms with Crippen molar-refractivity contribution in [2.45, 2.75) is 32.1 Å². The van der Waals surface area contributed by atoms with E-state index in [-0.39, 0.29) is 5.97 Å². The number of carbonyl (C=O) groups is 1. The third-order valence-corrected chi connectivity index (χ3v) is 6.23. The van der Waals surface area contributed by atoms with Gasteiger partial charge in [-0.1, -0.05) is 48.6 Å². The van der Waals surface area contributed by atoms with E-state index in [0.29, 0.717) is 6.61 Å². The fourth-order valence-electron chi connectivity index (χ4n) is 1.89. The van der Waals surface area contributed by atoms with Gasteiger partial charge < -0.3 is 10.5 Å². The van der Waals surface area contributed by atoms with Crippen molar-refractivity contribution in [1.29, 1.82) is 0 Å². The van der Waals surface area contributed by atoms with Gasteiger partial charge in [0.15, 0.2) is 0 Å². The molecule has 4 heteroatoms. The molecule has 0 fully saturated rings. The number of hydrogen-bond donors (Lipinski definition) is 1. The average molecular weight is 251 g/mol. The van der Waals surface area contributed by atoms with Gasteiger partial charge in [0.1, 0.15) is 6.04 Å². The molecule has 0 heterocycles. The van der Waals surface area contributed by atoms with Gasteiger partial charge >= 0.3 is 5.97 Å². The minimum atomic E-state index is -1.66. The number of carbonyl (C=O) groups excluding carboxylic acids is 1. The Morgan fingerprint density at radius 3 is 2.47 bits per heavy atom. The van der Waals surface area contributed by atoms with Crippen LogP contribution in [0.5, 0.6) is 0 Å². The summed E-state index contributed by atoms with van der Waals surface area (Å²) in [6, 6.07) is 10.5. The highest BCUT2D eigenvalue weighted by molar-refractivity contribution is 6.90. The van der Waals surface area contributed by atoms with Crippen LogP contribution in [0.15, 0.2) is 30.3 Å². The summed E-state index contributed by atoms with van der Waals surface area (Å²) in [4.78, 5) is 11.5. The van der Waals surface area contributed by atoms with Crippen LogP contribution < -0.4 is 10.9 Å². The van der Waals surface area contributed by atoms with Crippen LogP contribution >= 0.6 is 0 Å².